The number of Topliss-reactive ketones (excluding diaryl/α,β-unsaturated/α-hetero) is 1. The van der Waals surface area contributed by atoms with Gasteiger partial charge in [-0.3, -0.25) is 19.2 Å². The molecule has 4 aliphatic carbocycles. The van der Waals surface area contributed by atoms with Gasteiger partial charge in [0.2, 0.25) is 27.6 Å². The first-order valence-electron chi connectivity index (χ1n) is 19.4. The molecular weight excluding hydrogens is 673 g/mol. The third-order valence-corrected chi connectivity index (χ3v) is 15.5. The van der Waals surface area contributed by atoms with E-state index >= 15 is 0 Å². The minimum Gasteiger partial charge on any atom is -0.347 e. The van der Waals surface area contributed by atoms with E-state index in [0.29, 0.717) is 51.2 Å². The third-order valence-electron chi connectivity index (χ3n) is 12.9. The molecule has 0 unspecified atom stereocenters. The Morgan fingerprint density at radius 3 is 2.16 bits per heavy atom. The first-order chi connectivity index (χ1) is 23.9. The molecule has 6 fully saturated rings. The number of hydrogen-bond acceptors (Lipinski definition) is 7. The van der Waals surface area contributed by atoms with Crippen LogP contribution in [0.1, 0.15) is 119 Å². The molecule has 14 heteroatoms. The standard InChI is InChI=1S/C37H60N6O7S/c1-7-42-20-17-26(51(42,49)50)37(18-9-8-10-19-37)41-34(48)40-30(35(2,3)4)33(47)43-21-24-27(36(24,5)6)28(43)31(45)39-25(16-13-22-11-12-22)29(44)32(46)38-23-14-15-23/h22-28,30H,7-21H2,1-6H3,(H,38,46)(H,39,45)(H2,40,41,48)/t24-,25-,26-,27-,28-,30+/m0/s1. The lowest BCUT2D eigenvalue weighted by atomic mass is 9.78. The second-order valence-electron chi connectivity index (χ2n) is 18.0. The fourth-order valence-electron chi connectivity index (χ4n) is 9.33. The Kier molecular flexibility index (Phi) is 10.4. The van der Waals surface area contributed by atoms with E-state index in [-0.39, 0.29) is 23.3 Å². The van der Waals surface area contributed by atoms with Gasteiger partial charge >= 0.3 is 6.03 Å². The number of ketones is 1. The number of carbonyl (C=O) groups excluding carboxylic acids is 5. The van der Waals surface area contributed by atoms with Gasteiger partial charge in [-0.2, -0.15) is 0 Å². The molecule has 6 aliphatic rings. The van der Waals surface area contributed by atoms with E-state index in [1.807, 2.05) is 27.7 Å². The summed E-state index contributed by atoms with van der Waals surface area (Å²) < 4.78 is 28.6. The number of hydrogen-bond donors (Lipinski definition) is 4. The quantitative estimate of drug-likeness (QED) is 0.211. The highest BCUT2D eigenvalue weighted by molar-refractivity contribution is 7.90. The normalized spacial score (nSPS) is 30.4. The summed E-state index contributed by atoms with van der Waals surface area (Å²) in [4.78, 5) is 70.5. The summed E-state index contributed by atoms with van der Waals surface area (Å²) in [5.74, 6) is -1.71. The fraction of sp³-hybridized carbons (Fsp3) is 0.865. The molecule has 0 aromatic carbocycles. The monoisotopic (exact) mass is 732 g/mol. The lowest BCUT2D eigenvalue weighted by molar-refractivity contribution is -0.145. The van der Waals surface area contributed by atoms with Crippen molar-refractivity contribution in [2.24, 2.45) is 28.6 Å². The van der Waals surface area contributed by atoms with E-state index in [1.165, 1.54) is 4.31 Å². The summed E-state index contributed by atoms with van der Waals surface area (Å²) in [6, 6.07) is -3.42. The Hall–Kier alpha value is -2.74. The maximum atomic E-state index is 14.6. The Morgan fingerprint density at radius 1 is 0.922 bits per heavy atom. The summed E-state index contributed by atoms with van der Waals surface area (Å²) in [7, 11) is -3.61. The van der Waals surface area contributed by atoms with Crippen LogP contribution >= 0.6 is 0 Å². The summed E-state index contributed by atoms with van der Waals surface area (Å²) >= 11 is 0. The Balaban J connectivity index is 1.20. The van der Waals surface area contributed by atoms with Crippen molar-refractivity contribution in [2.75, 3.05) is 19.6 Å². The number of urea groups is 1. The number of nitrogens with zero attached hydrogens (tertiary/aromatic N) is 2. The van der Waals surface area contributed by atoms with Crippen molar-refractivity contribution < 1.29 is 32.4 Å². The molecule has 0 aromatic rings. The molecule has 2 aliphatic heterocycles. The van der Waals surface area contributed by atoms with Gasteiger partial charge in [0.05, 0.1) is 16.8 Å². The van der Waals surface area contributed by atoms with Crippen LogP contribution in [0.2, 0.25) is 0 Å². The maximum absolute atomic E-state index is 14.6. The lowest BCUT2D eigenvalue weighted by Crippen LogP contribution is -2.65. The largest absolute Gasteiger partial charge is 0.347 e. The van der Waals surface area contributed by atoms with Crippen LogP contribution in [0.15, 0.2) is 0 Å². The van der Waals surface area contributed by atoms with Crippen LogP contribution in [0.3, 0.4) is 0 Å². The van der Waals surface area contributed by atoms with Gasteiger partial charge in [0, 0.05) is 25.7 Å². The zero-order valence-corrected chi connectivity index (χ0v) is 32.2. The number of rotatable bonds is 13. The highest BCUT2D eigenvalue weighted by Crippen LogP contribution is 2.65. The van der Waals surface area contributed by atoms with E-state index in [4.69, 9.17) is 0 Å². The highest BCUT2D eigenvalue weighted by Gasteiger charge is 2.70. The smallest absolute Gasteiger partial charge is 0.315 e. The summed E-state index contributed by atoms with van der Waals surface area (Å²) in [6.07, 6.45) is 9.04. The molecule has 6 rings (SSSR count). The molecule has 13 nitrogen and oxygen atoms in total. The molecule has 0 bridgehead atoms. The van der Waals surface area contributed by atoms with E-state index < -0.39 is 73.9 Å². The number of likely N-dealkylation sites (tertiary alicyclic amines) is 1. The highest BCUT2D eigenvalue weighted by atomic mass is 32.2. The number of nitrogens with one attached hydrogen (secondary N) is 4. The van der Waals surface area contributed by atoms with E-state index in [1.54, 1.807) is 4.90 Å². The van der Waals surface area contributed by atoms with Crippen molar-refractivity contribution in [3.8, 4) is 0 Å². The number of carbonyl (C=O) groups is 5. The van der Waals surface area contributed by atoms with Gasteiger partial charge in [-0.25, -0.2) is 17.5 Å². The molecule has 4 saturated carbocycles. The van der Waals surface area contributed by atoms with Gasteiger partial charge in [0.15, 0.2) is 0 Å². The van der Waals surface area contributed by atoms with Crippen LogP contribution in [-0.2, 0) is 29.2 Å². The molecule has 0 radical (unpaired) electrons. The molecule has 0 aromatic heterocycles. The fourth-order valence-corrected chi connectivity index (χ4v) is 11.7. The molecule has 286 valence electrons. The summed E-state index contributed by atoms with van der Waals surface area (Å²) in [5.41, 5.74) is -1.88. The van der Waals surface area contributed by atoms with Crippen molar-refractivity contribution in [3.63, 3.8) is 0 Å². The van der Waals surface area contributed by atoms with Crippen molar-refractivity contribution in [1.29, 1.82) is 0 Å². The summed E-state index contributed by atoms with van der Waals surface area (Å²) in [6.45, 7) is 12.7. The molecular formula is C37H60N6O7S. The predicted octanol–water partition coefficient (Wildman–Crippen LogP) is 2.83. The van der Waals surface area contributed by atoms with E-state index in [9.17, 15) is 32.4 Å². The zero-order valence-electron chi connectivity index (χ0n) is 31.4. The van der Waals surface area contributed by atoms with Crippen molar-refractivity contribution in [3.05, 3.63) is 0 Å². The molecule has 2 heterocycles. The van der Waals surface area contributed by atoms with Crippen molar-refractivity contribution in [1.82, 2.24) is 30.5 Å². The van der Waals surface area contributed by atoms with Gasteiger partial charge in [-0.1, -0.05) is 73.6 Å². The van der Waals surface area contributed by atoms with Crippen LogP contribution in [0.25, 0.3) is 0 Å². The molecule has 0 spiro atoms. The maximum Gasteiger partial charge on any atom is 0.315 e. The second kappa shape index (κ2) is 13.9. The average Bonchev–Trinajstić information content (AvgIpc) is 4.02. The van der Waals surface area contributed by atoms with Crippen LogP contribution in [-0.4, -0.2) is 102 Å². The topological polar surface area (TPSA) is 174 Å². The second-order valence-corrected chi connectivity index (χ2v) is 20.1. The molecule has 4 N–H and O–H groups in total. The molecule has 6 atom stereocenters. The number of sulfonamides is 1. The van der Waals surface area contributed by atoms with Gasteiger partial charge in [0.1, 0.15) is 12.1 Å². The SMILES string of the molecule is CCN1CC[C@@H](C2(NC(=O)N[C@H](C(=O)N3C[C@H]4[C@@H]([C@H]3C(=O)N[C@@H](CCC3CC3)C(=O)C(=O)NC3CC3)C4(C)C)C(C)(C)C)CCCCC2)S1(=O)=O. The van der Waals surface area contributed by atoms with E-state index in [0.717, 1.165) is 51.4 Å². The zero-order chi connectivity index (χ0) is 37.1. The molecule has 5 amide bonds. The van der Waals surface area contributed by atoms with Crippen LogP contribution in [0, 0.1) is 28.6 Å². The molecule has 51 heavy (non-hydrogen) atoms. The van der Waals surface area contributed by atoms with Gasteiger partial charge in [0.25, 0.3) is 5.91 Å². The van der Waals surface area contributed by atoms with Gasteiger partial charge in [-0.15, -0.1) is 0 Å². The van der Waals surface area contributed by atoms with Crippen LogP contribution < -0.4 is 21.3 Å². The first-order valence-corrected chi connectivity index (χ1v) is 20.9. The third kappa shape index (κ3) is 7.68. The van der Waals surface area contributed by atoms with Crippen LogP contribution in [0.4, 0.5) is 4.79 Å². The Bertz CT molecular complexity index is 1510. The number of fused-ring (bicyclic) bond motifs is 1. The Morgan fingerprint density at radius 2 is 1.59 bits per heavy atom. The number of piperidine rings is 1. The minimum atomic E-state index is -3.61. The Labute approximate surface area is 303 Å². The van der Waals surface area contributed by atoms with E-state index in [2.05, 4.69) is 35.1 Å². The number of amides is 5. The predicted molar refractivity (Wildman–Crippen MR) is 192 cm³/mol. The first kappa shape index (κ1) is 38.0. The summed E-state index contributed by atoms with van der Waals surface area (Å²) in [5, 5.41) is 11.0. The van der Waals surface area contributed by atoms with Crippen molar-refractivity contribution >= 4 is 39.6 Å². The van der Waals surface area contributed by atoms with Crippen LogP contribution in [0.5, 0.6) is 0 Å². The lowest BCUT2D eigenvalue weighted by Gasteiger charge is -2.43. The molecule has 2 saturated heterocycles. The van der Waals surface area contributed by atoms with Gasteiger partial charge < -0.3 is 26.2 Å². The minimum absolute atomic E-state index is 0.0119. The average molecular weight is 733 g/mol. The van der Waals surface area contributed by atoms with Gasteiger partial charge in [-0.05, 0) is 73.5 Å². The van der Waals surface area contributed by atoms with Crippen molar-refractivity contribution in [2.45, 2.75) is 154 Å².